The predicted octanol–water partition coefficient (Wildman–Crippen LogP) is 4.50. The molecule has 2 aromatic heterocycles. The summed E-state index contributed by atoms with van der Waals surface area (Å²) in [6.07, 6.45) is 3.98. The number of hydrogen-bond acceptors (Lipinski definition) is 1. The lowest BCUT2D eigenvalue weighted by Gasteiger charge is -2.08. The van der Waals surface area contributed by atoms with Gasteiger partial charge in [0.2, 0.25) is 0 Å². The highest BCUT2D eigenvalue weighted by Crippen LogP contribution is 2.22. The van der Waals surface area contributed by atoms with E-state index < -0.39 is 0 Å². The van der Waals surface area contributed by atoms with Crippen molar-refractivity contribution in [3.05, 3.63) is 52.9 Å². The van der Waals surface area contributed by atoms with Crippen molar-refractivity contribution in [2.45, 2.75) is 26.9 Å². The Morgan fingerprint density at radius 2 is 1.91 bits per heavy atom. The number of aryl methyl sites for hydroxylation is 2. The smallest absolute Gasteiger partial charge is 0.272 e. The van der Waals surface area contributed by atoms with Crippen LogP contribution in [0.3, 0.4) is 0 Å². The molecule has 0 aliphatic rings. The van der Waals surface area contributed by atoms with Crippen molar-refractivity contribution in [1.29, 1.82) is 0 Å². The number of carbonyl (C=O) groups is 1. The molecule has 0 saturated heterocycles. The molecule has 114 valence electrons. The van der Waals surface area contributed by atoms with Crippen LogP contribution < -0.4 is 5.32 Å². The van der Waals surface area contributed by atoms with E-state index in [-0.39, 0.29) is 5.91 Å². The van der Waals surface area contributed by atoms with E-state index >= 15 is 0 Å². The minimum atomic E-state index is -0.0955. The van der Waals surface area contributed by atoms with E-state index in [9.17, 15) is 4.79 Å². The lowest BCUT2D eigenvalue weighted by Crippen LogP contribution is -2.16. The third-order valence-electron chi connectivity index (χ3n) is 3.81. The first-order valence-electron chi connectivity index (χ1n) is 7.38. The van der Waals surface area contributed by atoms with Gasteiger partial charge in [-0.1, -0.05) is 0 Å². The second-order valence-corrected chi connectivity index (χ2v) is 6.07. The zero-order valence-electron chi connectivity index (χ0n) is 12.6. The van der Waals surface area contributed by atoms with E-state index in [0.29, 0.717) is 5.69 Å². The van der Waals surface area contributed by atoms with Crippen molar-refractivity contribution in [1.82, 2.24) is 9.13 Å². The molecule has 2 heterocycles. The number of fused-ring (bicyclic) bond motifs is 1. The van der Waals surface area contributed by atoms with Gasteiger partial charge in [0, 0.05) is 46.5 Å². The van der Waals surface area contributed by atoms with Crippen LogP contribution in [0, 0.1) is 0 Å². The molecule has 0 atom stereocenters. The lowest BCUT2D eigenvalue weighted by atomic mass is 10.2. The molecule has 0 fully saturated rings. The first kappa shape index (κ1) is 14.9. The number of rotatable bonds is 4. The summed E-state index contributed by atoms with van der Waals surface area (Å²) in [6, 6.07) is 9.91. The number of carbonyl (C=O) groups excluding carboxylic acids is 1. The van der Waals surface area contributed by atoms with Gasteiger partial charge in [0.1, 0.15) is 5.69 Å². The van der Waals surface area contributed by atoms with E-state index in [1.54, 1.807) is 0 Å². The number of nitrogens with one attached hydrogen (secondary N) is 1. The van der Waals surface area contributed by atoms with E-state index in [2.05, 4.69) is 45.0 Å². The Hall–Kier alpha value is -2.01. The van der Waals surface area contributed by atoms with Gasteiger partial charge in [-0.3, -0.25) is 4.79 Å². The largest absolute Gasteiger partial charge is 0.348 e. The van der Waals surface area contributed by atoms with Gasteiger partial charge >= 0.3 is 0 Å². The summed E-state index contributed by atoms with van der Waals surface area (Å²) in [7, 11) is 0. The van der Waals surface area contributed by atoms with Crippen molar-refractivity contribution in [3.8, 4) is 0 Å². The molecule has 0 aliphatic carbocycles. The van der Waals surface area contributed by atoms with E-state index in [1.807, 2.05) is 42.0 Å². The molecule has 1 amide bonds. The van der Waals surface area contributed by atoms with Gasteiger partial charge in [0.15, 0.2) is 0 Å². The van der Waals surface area contributed by atoms with E-state index in [1.165, 1.54) is 5.52 Å². The Bertz CT molecular complexity index is 832. The summed E-state index contributed by atoms with van der Waals surface area (Å²) in [4.78, 5) is 12.4. The number of amides is 1. The molecule has 0 unspecified atom stereocenters. The summed E-state index contributed by atoms with van der Waals surface area (Å²) in [5.74, 6) is -0.0955. The lowest BCUT2D eigenvalue weighted by molar-refractivity contribution is 0.101. The Kier molecular flexibility index (Phi) is 4.07. The van der Waals surface area contributed by atoms with Crippen molar-refractivity contribution < 1.29 is 4.79 Å². The SMILES string of the molecule is CCn1cc(Br)cc1C(=O)Nc1ccc2c(ccn2CC)c1. The van der Waals surface area contributed by atoms with Crippen LogP contribution >= 0.6 is 15.9 Å². The van der Waals surface area contributed by atoms with E-state index in [4.69, 9.17) is 0 Å². The molecular weight excluding hydrogens is 342 g/mol. The molecule has 3 rings (SSSR count). The van der Waals surface area contributed by atoms with Crippen LogP contribution in [0.2, 0.25) is 0 Å². The van der Waals surface area contributed by atoms with Crippen LogP contribution in [0.1, 0.15) is 24.3 Å². The first-order chi connectivity index (χ1) is 10.6. The number of benzene rings is 1. The summed E-state index contributed by atoms with van der Waals surface area (Å²) < 4.78 is 5.01. The number of nitrogens with zero attached hydrogens (tertiary/aromatic N) is 2. The number of hydrogen-bond donors (Lipinski definition) is 1. The summed E-state index contributed by atoms with van der Waals surface area (Å²) >= 11 is 3.42. The van der Waals surface area contributed by atoms with Gasteiger partial charge in [-0.15, -0.1) is 0 Å². The summed E-state index contributed by atoms with van der Waals surface area (Å²) in [5.41, 5.74) is 2.65. The molecule has 3 aromatic rings. The van der Waals surface area contributed by atoms with Crippen LogP contribution in [0.25, 0.3) is 10.9 Å². The fraction of sp³-hybridized carbons (Fsp3) is 0.235. The third kappa shape index (κ3) is 2.68. The van der Waals surface area contributed by atoms with Gasteiger partial charge in [-0.05, 0) is 60.1 Å². The summed E-state index contributed by atoms with van der Waals surface area (Å²) in [5, 5.41) is 4.11. The normalized spacial score (nSPS) is 11.0. The van der Waals surface area contributed by atoms with Crippen molar-refractivity contribution in [2.75, 3.05) is 5.32 Å². The maximum absolute atomic E-state index is 12.4. The molecular formula is C17H18BrN3O. The fourth-order valence-corrected chi connectivity index (χ4v) is 3.14. The molecule has 0 bridgehead atoms. The zero-order chi connectivity index (χ0) is 15.7. The monoisotopic (exact) mass is 359 g/mol. The fourth-order valence-electron chi connectivity index (χ4n) is 2.68. The summed E-state index contributed by atoms with van der Waals surface area (Å²) in [6.45, 7) is 5.83. The molecule has 0 saturated carbocycles. The quantitative estimate of drug-likeness (QED) is 0.731. The van der Waals surface area contributed by atoms with Gasteiger partial charge in [0.05, 0.1) is 0 Å². The van der Waals surface area contributed by atoms with Crippen LogP contribution in [0.15, 0.2) is 47.2 Å². The molecule has 1 aromatic carbocycles. The Labute approximate surface area is 137 Å². The van der Waals surface area contributed by atoms with Crippen LogP contribution in [-0.2, 0) is 13.1 Å². The predicted molar refractivity (Wildman–Crippen MR) is 93.4 cm³/mol. The molecule has 5 heteroatoms. The molecule has 0 spiro atoms. The van der Waals surface area contributed by atoms with Crippen molar-refractivity contribution >= 4 is 38.4 Å². The topological polar surface area (TPSA) is 39.0 Å². The first-order valence-corrected chi connectivity index (χ1v) is 8.17. The highest BCUT2D eigenvalue weighted by molar-refractivity contribution is 9.10. The van der Waals surface area contributed by atoms with Crippen LogP contribution in [0.4, 0.5) is 5.69 Å². The molecule has 0 radical (unpaired) electrons. The van der Waals surface area contributed by atoms with Crippen LogP contribution in [-0.4, -0.2) is 15.0 Å². The molecule has 1 N–H and O–H groups in total. The van der Waals surface area contributed by atoms with Gasteiger partial charge in [-0.25, -0.2) is 0 Å². The Morgan fingerprint density at radius 1 is 1.14 bits per heavy atom. The van der Waals surface area contributed by atoms with Crippen molar-refractivity contribution in [3.63, 3.8) is 0 Å². The third-order valence-corrected chi connectivity index (χ3v) is 4.24. The maximum Gasteiger partial charge on any atom is 0.272 e. The second kappa shape index (κ2) is 6.01. The minimum Gasteiger partial charge on any atom is -0.348 e. The Morgan fingerprint density at radius 3 is 2.64 bits per heavy atom. The van der Waals surface area contributed by atoms with Gasteiger partial charge < -0.3 is 14.5 Å². The molecule has 4 nitrogen and oxygen atoms in total. The zero-order valence-corrected chi connectivity index (χ0v) is 14.2. The highest BCUT2D eigenvalue weighted by Gasteiger charge is 2.13. The van der Waals surface area contributed by atoms with E-state index in [0.717, 1.165) is 28.6 Å². The highest BCUT2D eigenvalue weighted by atomic mass is 79.9. The van der Waals surface area contributed by atoms with Crippen molar-refractivity contribution in [2.24, 2.45) is 0 Å². The number of aromatic nitrogens is 2. The van der Waals surface area contributed by atoms with Gasteiger partial charge in [0.25, 0.3) is 5.91 Å². The van der Waals surface area contributed by atoms with Crippen LogP contribution in [0.5, 0.6) is 0 Å². The average Bonchev–Trinajstić information content (AvgIpc) is 3.09. The average molecular weight is 360 g/mol. The minimum absolute atomic E-state index is 0.0955. The molecule has 0 aliphatic heterocycles. The standard InChI is InChI=1S/C17H18BrN3O/c1-3-20-8-7-12-9-14(5-6-15(12)20)19-17(22)16-10-13(18)11-21(16)4-2/h5-11H,3-4H2,1-2H3,(H,19,22). The second-order valence-electron chi connectivity index (χ2n) is 5.16. The number of anilines is 1. The molecule has 22 heavy (non-hydrogen) atoms. The van der Waals surface area contributed by atoms with Gasteiger partial charge in [-0.2, -0.15) is 0 Å². The Balaban J connectivity index is 1.87. The maximum atomic E-state index is 12.4. The number of halogens is 1.